The van der Waals surface area contributed by atoms with Crippen molar-refractivity contribution < 1.29 is 3.07 Å². The molecule has 0 spiro atoms. The molecular weight excluding hydrogens is 329 g/mol. The molecule has 2 N–H and O–H groups in total. The smallest absolute Gasteiger partial charge is 0.192 e. The predicted octanol–water partition coefficient (Wildman–Crippen LogP) is 4.41. The van der Waals surface area contributed by atoms with Gasteiger partial charge in [-0.3, -0.25) is 0 Å². The summed E-state index contributed by atoms with van der Waals surface area (Å²) in [7, 11) is 0. The fourth-order valence-corrected chi connectivity index (χ4v) is 1.66. The molecule has 5 heteroatoms. The Balaban J connectivity index is 2.29. The average Bonchev–Trinajstić information content (AvgIpc) is 2.38. The Morgan fingerprint density at radius 1 is 0.882 bits per heavy atom. The Bertz CT molecular complexity index is 543. The van der Waals surface area contributed by atoms with E-state index in [-0.39, 0.29) is 0 Å². The third kappa shape index (κ3) is 2.94. The minimum atomic E-state index is 0.601. The van der Waals surface area contributed by atoms with E-state index in [1.165, 1.54) is 0 Å². The maximum Gasteiger partial charge on any atom is 0.192 e. The summed E-state index contributed by atoms with van der Waals surface area (Å²) in [5, 5.41) is 8.22. The maximum absolute atomic E-state index is 5.77. The van der Waals surface area contributed by atoms with E-state index in [0.717, 1.165) is 0 Å². The van der Waals surface area contributed by atoms with E-state index in [9.17, 15) is 0 Å². The summed E-state index contributed by atoms with van der Waals surface area (Å²) in [6.45, 7) is 0. The zero-order chi connectivity index (χ0) is 12.1. The van der Waals surface area contributed by atoms with Crippen LogP contribution in [-0.4, -0.2) is 0 Å². The molecule has 0 saturated carbocycles. The molecule has 0 aliphatic rings. The molecule has 0 bridgehead atoms. The van der Waals surface area contributed by atoms with Crippen molar-refractivity contribution in [1.29, 1.82) is 0 Å². The van der Waals surface area contributed by atoms with Gasteiger partial charge in [-0.05, 0) is 24.3 Å². The Kier molecular flexibility index (Phi) is 3.92. The first-order valence-corrected chi connectivity index (χ1v) is 5.83. The third-order valence-corrected chi connectivity index (χ3v) is 2.63. The van der Waals surface area contributed by atoms with E-state index in [4.69, 9.17) is 8.80 Å². The highest BCUT2D eigenvalue weighted by molar-refractivity contribution is 14.1. The van der Waals surface area contributed by atoms with E-state index in [1.54, 1.807) is 6.07 Å². The highest BCUT2D eigenvalue weighted by atomic mass is 127. The van der Waals surface area contributed by atoms with Crippen LogP contribution in [0.2, 0.25) is 0 Å². The summed E-state index contributed by atoms with van der Waals surface area (Å²) < 4.78 is 5.15. The molecule has 2 aromatic carbocycles. The highest BCUT2D eigenvalue weighted by Gasteiger charge is 2.00. The van der Waals surface area contributed by atoms with Crippen molar-refractivity contribution in [3.8, 4) is 5.75 Å². The number of azo groups is 1. The molecule has 0 aliphatic heterocycles. The molecule has 2 rings (SSSR count). The van der Waals surface area contributed by atoms with Crippen molar-refractivity contribution in [2.75, 3.05) is 5.73 Å². The van der Waals surface area contributed by atoms with Crippen molar-refractivity contribution in [2.24, 2.45) is 10.2 Å². The second-order valence-electron chi connectivity index (χ2n) is 3.30. The first-order chi connectivity index (χ1) is 8.31. The molecule has 17 heavy (non-hydrogen) atoms. The normalized spacial score (nSPS) is 10.6. The lowest BCUT2D eigenvalue weighted by atomic mass is 10.3. The first kappa shape index (κ1) is 11.8. The van der Waals surface area contributed by atoms with Gasteiger partial charge < -0.3 is 8.80 Å². The van der Waals surface area contributed by atoms with E-state index >= 15 is 0 Å². The van der Waals surface area contributed by atoms with Gasteiger partial charge in [0.2, 0.25) is 0 Å². The summed E-state index contributed by atoms with van der Waals surface area (Å²) in [6, 6.07) is 14.7. The van der Waals surface area contributed by atoms with Gasteiger partial charge in [0.15, 0.2) is 28.8 Å². The number of hydrogen-bond donors (Lipinski definition) is 1. The Morgan fingerprint density at radius 2 is 1.47 bits per heavy atom. The number of nitrogens with zero attached hydrogens (tertiary/aromatic N) is 2. The topological polar surface area (TPSA) is 60.0 Å². The summed E-state index contributed by atoms with van der Waals surface area (Å²) in [5.41, 5.74) is 7.69. The fraction of sp³-hybridized carbons (Fsp3) is 0. The number of halogens is 1. The highest BCUT2D eigenvalue weighted by Crippen LogP contribution is 2.31. The van der Waals surface area contributed by atoms with E-state index in [2.05, 4.69) is 10.2 Å². The largest absolute Gasteiger partial charge is 0.425 e. The van der Waals surface area contributed by atoms with Crippen LogP contribution in [-0.2, 0) is 0 Å². The van der Waals surface area contributed by atoms with Crippen LogP contribution in [0.4, 0.5) is 17.1 Å². The number of para-hydroxylation sites is 2. The number of nitrogens with two attached hydrogens (primary N) is 1. The van der Waals surface area contributed by atoms with Crippen LogP contribution in [0.1, 0.15) is 0 Å². The van der Waals surface area contributed by atoms with Gasteiger partial charge in [-0.25, -0.2) is 0 Å². The standard InChI is InChI=1S/C12H10IN3O/c13-17-12-8-4-3-7-11(12)16-15-10-6-2-1-5-9(10)14/h1-8H,14H2. The average molecular weight is 339 g/mol. The molecule has 0 fully saturated rings. The molecular formula is C12H10IN3O. The van der Waals surface area contributed by atoms with Crippen molar-refractivity contribution in [1.82, 2.24) is 0 Å². The zero-order valence-corrected chi connectivity index (χ0v) is 11.0. The molecule has 86 valence electrons. The molecule has 0 saturated heterocycles. The molecule has 0 aliphatic carbocycles. The first-order valence-electron chi connectivity index (χ1n) is 4.95. The molecule has 0 aromatic heterocycles. The van der Waals surface area contributed by atoms with Crippen molar-refractivity contribution in [3.63, 3.8) is 0 Å². The second kappa shape index (κ2) is 5.62. The second-order valence-corrected chi connectivity index (χ2v) is 3.74. The van der Waals surface area contributed by atoms with Gasteiger partial charge in [-0.15, -0.1) is 10.2 Å². The van der Waals surface area contributed by atoms with Crippen LogP contribution in [0.5, 0.6) is 5.75 Å². The fourth-order valence-electron chi connectivity index (χ4n) is 1.29. The van der Waals surface area contributed by atoms with Crippen molar-refractivity contribution in [2.45, 2.75) is 0 Å². The lowest BCUT2D eigenvalue weighted by molar-refractivity contribution is 0.716. The maximum atomic E-state index is 5.77. The molecule has 0 radical (unpaired) electrons. The monoisotopic (exact) mass is 339 g/mol. The number of benzene rings is 2. The summed E-state index contributed by atoms with van der Waals surface area (Å²) in [5.74, 6) is 0.673. The Labute approximate surface area is 113 Å². The van der Waals surface area contributed by atoms with Crippen LogP contribution in [0.15, 0.2) is 58.8 Å². The van der Waals surface area contributed by atoms with Crippen LogP contribution >= 0.6 is 23.0 Å². The molecule has 4 nitrogen and oxygen atoms in total. The number of nitrogen functional groups attached to an aromatic ring is 1. The molecule has 0 unspecified atom stereocenters. The van der Waals surface area contributed by atoms with Gasteiger partial charge in [0.05, 0.1) is 5.69 Å². The molecule has 0 atom stereocenters. The minimum Gasteiger partial charge on any atom is -0.425 e. The SMILES string of the molecule is Nc1ccccc1N=Nc1ccccc1OI. The van der Waals surface area contributed by atoms with Crippen LogP contribution in [0.25, 0.3) is 0 Å². The van der Waals surface area contributed by atoms with Gasteiger partial charge in [-0.2, -0.15) is 0 Å². The molecule has 0 amide bonds. The van der Waals surface area contributed by atoms with Gasteiger partial charge in [-0.1, -0.05) is 24.3 Å². The predicted molar refractivity (Wildman–Crippen MR) is 76.1 cm³/mol. The Morgan fingerprint density at radius 3 is 2.18 bits per heavy atom. The number of hydrogen-bond acceptors (Lipinski definition) is 4. The quantitative estimate of drug-likeness (QED) is 0.511. The van der Waals surface area contributed by atoms with Gasteiger partial charge in [0.25, 0.3) is 0 Å². The van der Waals surface area contributed by atoms with Crippen molar-refractivity contribution >= 4 is 40.1 Å². The van der Waals surface area contributed by atoms with Crippen LogP contribution in [0, 0.1) is 0 Å². The summed E-state index contributed by atoms with van der Waals surface area (Å²) in [4.78, 5) is 0. The van der Waals surface area contributed by atoms with Crippen LogP contribution in [0.3, 0.4) is 0 Å². The lowest BCUT2D eigenvalue weighted by Gasteiger charge is -2.00. The summed E-state index contributed by atoms with van der Waals surface area (Å²) in [6.07, 6.45) is 0. The lowest BCUT2D eigenvalue weighted by Crippen LogP contribution is -1.82. The van der Waals surface area contributed by atoms with Gasteiger partial charge in [0.1, 0.15) is 11.4 Å². The zero-order valence-electron chi connectivity index (χ0n) is 8.88. The summed E-state index contributed by atoms with van der Waals surface area (Å²) >= 11 is 1.81. The van der Waals surface area contributed by atoms with E-state index in [0.29, 0.717) is 22.8 Å². The molecule has 2 aromatic rings. The van der Waals surface area contributed by atoms with Gasteiger partial charge in [0, 0.05) is 0 Å². The molecule has 0 heterocycles. The van der Waals surface area contributed by atoms with E-state index < -0.39 is 0 Å². The Hall–Kier alpha value is -1.63. The van der Waals surface area contributed by atoms with Crippen molar-refractivity contribution in [3.05, 3.63) is 48.5 Å². The number of anilines is 1. The van der Waals surface area contributed by atoms with Crippen LogP contribution < -0.4 is 8.80 Å². The van der Waals surface area contributed by atoms with E-state index in [1.807, 2.05) is 65.5 Å². The minimum absolute atomic E-state index is 0.601. The van der Waals surface area contributed by atoms with Gasteiger partial charge >= 0.3 is 0 Å². The third-order valence-electron chi connectivity index (χ3n) is 2.15. The number of rotatable bonds is 3.